The van der Waals surface area contributed by atoms with E-state index < -0.39 is 4.92 Å². The molecular formula is C14H20ClN3O3. The van der Waals surface area contributed by atoms with Crippen LogP contribution in [0.15, 0.2) is 18.2 Å². The van der Waals surface area contributed by atoms with E-state index in [0.29, 0.717) is 24.5 Å². The molecule has 0 aromatic heterocycles. The largest absolute Gasteiger partial charge is 0.351 e. The molecule has 1 rings (SSSR count). The average Bonchev–Trinajstić information content (AvgIpc) is 2.33. The van der Waals surface area contributed by atoms with E-state index in [-0.39, 0.29) is 17.1 Å². The molecule has 0 aliphatic heterocycles. The first-order valence-corrected chi connectivity index (χ1v) is 7.01. The molecule has 21 heavy (non-hydrogen) atoms. The number of amides is 1. The molecular weight excluding hydrogens is 294 g/mol. The van der Waals surface area contributed by atoms with Crippen LogP contribution in [0.4, 0.5) is 5.69 Å². The van der Waals surface area contributed by atoms with E-state index in [1.807, 2.05) is 20.8 Å². The Morgan fingerprint density at radius 3 is 2.57 bits per heavy atom. The summed E-state index contributed by atoms with van der Waals surface area (Å²) in [5, 5.41) is 16.9. The number of nitrogens with zero attached hydrogens (tertiary/aromatic N) is 1. The maximum absolute atomic E-state index is 11.6. The lowest BCUT2D eigenvalue weighted by molar-refractivity contribution is -0.384. The van der Waals surface area contributed by atoms with Crippen LogP contribution in [0.2, 0.25) is 5.02 Å². The predicted molar refractivity (Wildman–Crippen MR) is 82.3 cm³/mol. The van der Waals surface area contributed by atoms with E-state index in [2.05, 4.69) is 10.6 Å². The predicted octanol–water partition coefficient (Wildman–Crippen LogP) is 2.64. The highest BCUT2D eigenvalue weighted by atomic mass is 35.5. The molecule has 0 aliphatic rings. The van der Waals surface area contributed by atoms with Crippen molar-refractivity contribution in [1.29, 1.82) is 0 Å². The minimum Gasteiger partial charge on any atom is -0.351 e. The van der Waals surface area contributed by atoms with E-state index in [1.165, 1.54) is 12.1 Å². The monoisotopic (exact) mass is 313 g/mol. The summed E-state index contributed by atoms with van der Waals surface area (Å²) >= 11 is 5.98. The lowest BCUT2D eigenvalue weighted by Gasteiger charge is -2.20. The Hall–Kier alpha value is -1.66. The first-order chi connectivity index (χ1) is 9.69. The van der Waals surface area contributed by atoms with Gasteiger partial charge in [0.05, 0.1) is 9.95 Å². The molecule has 0 atom stereocenters. The molecule has 1 amide bonds. The van der Waals surface area contributed by atoms with Crippen molar-refractivity contribution >= 4 is 23.2 Å². The Balaban J connectivity index is 2.40. The zero-order chi connectivity index (χ0) is 16.0. The molecule has 0 bridgehead atoms. The Kier molecular flexibility index (Phi) is 6.11. The third kappa shape index (κ3) is 6.55. The highest BCUT2D eigenvalue weighted by molar-refractivity contribution is 6.31. The van der Waals surface area contributed by atoms with Gasteiger partial charge in [0.2, 0.25) is 5.91 Å². The lowest BCUT2D eigenvalue weighted by Crippen LogP contribution is -2.41. The quantitative estimate of drug-likeness (QED) is 0.480. The van der Waals surface area contributed by atoms with Crippen molar-refractivity contribution in [3.05, 3.63) is 38.9 Å². The summed E-state index contributed by atoms with van der Waals surface area (Å²) < 4.78 is 0. The average molecular weight is 314 g/mol. The first-order valence-electron chi connectivity index (χ1n) is 6.63. The molecule has 116 valence electrons. The summed E-state index contributed by atoms with van der Waals surface area (Å²) in [6.45, 7) is 6.74. The number of nitro benzene ring substituents is 1. The van der Waals surface area contributed by atoms with Gasteiger partial charge in [-0.2, -0.15) is 0 Å². The Morgan fingerprint density at radius 2 is 2.05 bits per heavy atom. The topological polar surface area (TPSA) is 84.3 Å². The molecule has 0 aliphatic carbocycles. The van der Waals surface area contributed by atoms with Crippen molar-refractivity contribution in [3.63, 3.8) is 0 Å². The number of carbonyl (C=O) groups is 1. The lowest BCUT2D eigenvalue weighted by atomic mass is 10.1. The summed E-state index contributed by atoms with van der Waals surface area (Å²) in [6.07, 6.45) is 0.363. The van der Waals surface area contributed by atoms with E-state index >= 15 is 0 Å². The van der Waals surface area contributed by atoms with Gasteiger partial charge in [-0.25, -0.2) is 0 Å². The van der Waals surface area contributed by atoms with Gasteiger partial charge < -0.3 is 10.6 Å². The number of rotatable bonds is 6. The Labute approximate surface area is 129 Å². The molecule has 1 aromatic carbocycles. The SMILES string of the molecule is CC(C)(C)NC(=O)CCNCc1ccc([N+](=O)[O-])cc1Cl. The smallest absolute Gasteiger partial charge is 0.270 e. The Bertz CT molecular complexity index is 527. The third-order valence-corrected chi connectivity index (χ3v) is 2.96. The molecule has 0 radical (unpaired) electrons. The number of carbonyl (C=O) groups excluding carboxylic acids is 1. The fraction of sp³-hybridized carbons (Fsp3) is 0.500. The van der Waals surface area contributed by atoms with Gasteiger partial charge in [0.15, 0.2) is 0 Å². The van der Waals surface area contributed by atoms with Gasteiger partial charge in [-0.1, -0.05) is 11.6 Å². The maximum atomic E-state index is 11.6. The van der Waals surface area contributed by atoms with Crippen molar-refractivity contribution in [1.82, 2.24) is 10.6 Å². The highest BCUT2D eigenvalue weighted by Gasteiger charge is 2.13. The summed E-state index contributed by atoms with van der Waals surface area (Å²) in [7, 11) is 0. The summed E-state index contributed by atoms with van der Waals surface area (Å²) in [4.78, 5) is 21.7. The van der Waals surface area contributed by atoms with Gasteiger partial charge in [0.25, 0.3) is 5.69 Å². The van der Waals surface area contributed by atoms with Gasteiger partial charge in [-0.3, -0.25) is 14.9 Å². The van der Waals surface area contributed by atoms with Crippen LogP contribution < -0.4 is 10.6 Å². The van der Waals surface area contributed by atoms with Crippen LogP contribution in [0.25, 0.3) is 0 Å². The normalized spacial score (nSPS) is 11.2. The number of benzene rings is 1. The van der Waals surface area contributed by atoms with E-state index in [0.717, 1.165) is 5.56 Å². The van der Waals surface area contributed by atoms with Gasteiger partial charge >= 0.3 is 0 Å². The van der Waals surface area contributed by atoms with Crippen LogP contribution in [0.5, 0.6) is 0 Å². The molecule has 0 fully saturated rings. The molecule has 0 unspecified atom stereocenters. The number of nitrogens with one attached hydrogen (secondary N) is 2. The molecule has 1 aromatic rings. The van der Waals surface area contributed by atoms with Crippen molar-refractivity contribution in [2.45, 2.75) is 39.3 Å². The van der Waals surface area contributed by atoms with Gasteiger partial charge in [0.1, 0.15) is 0 Å². The standard InChI is InChI=1S/C14H20ClN3O3/c1-14(2,3)17-13(19)6-7-16-9-10-4-5-11(18(20)21)8-12(10)15/h4-5,8,16H,6-7,9H2,1-3H3,(H,17,19). The van der Waals surface area contributed by atoms with Gasteiger partial charge in [-0.15, -0.1) is 0 Å². The Morgan fingerprint density at radius 1 is 1.38 bits per heavy atom. The number of non-ortho nitro benzene ring substituents is 1. The molecule has 0 spiro atoms. The van der Waals surface area contributed by atoms with Crippen LogP contribution in [-0.4, -0.2) is 22.9 Å². The van der Waals surface area contributed by atoms with Crippen LogP contribution in [0.1, 0.15) is 32.8 Å². The van der Waals surface area contributed by atoms with Crippen LogP contribution in [-0.2, 0) is 11.3 Å². The summed E-state index contributed by atoms with van der Waals surface area (Å²) in [5.41, 5.74) is 0.491. The van der Waals surface area contributed by atoms with Crippen molar-refractivity contribution in [2.75, 3.05) is 6.54 Å². The van der Waals surface area contributed by atoms with Crippen molar-refractivity contribution in [3.8, 4) is 0 Å². The van der Waals surface area contributed by atoms with Crippen LogP contribution in [0.3, 0.4) is 0 Å². The number of hydrogen-bond donors (Lipinski definition) is 2. The zero-order valence-electron chi connectivity index (χ0n) is 12.4. The molecule has 2 N–H and O–H groups in total. The molecule has 0 saturated heterocycles. The van der Waals surface area contributed by atoms with Gasteiger partial charge in [0, 0.05) is 37.2 Å². The summed E-state index contributed by atoms with van der Waals surface area (Å²) in [6, 6.07) is 4.35. The fourth-order valence-electron chi connectivity index (χ4n) is 1.70. The van der Waals surface area contributed by atoms with E-state index in [1.54, 1.807) is 6.07 Å². The molecule has 0 saturated carbocycles. The van der Waals surface area contributed by atoms with E-state index in [9.17, 15) is 14.9 Å². The minimum absolute atomic E-state index is 0.0233. The van der Waals surface area contributed by atoms with E-state index in [4.69, 9.17) is 11.6 Å². The third-order valence-electron chi connectivity index (χ3n) is 2.61. The second kappa shape index (κ2) is 7.38. The second-order valence-corrected chi connectivity index (χ2v) is 6.16. The first kappa shape index (κ1) is 17.4. The maximum Gasteiger partial charge on any atom is 0.270 e. The second-order valence-electron chi connectivity index (χ2n) is 5.76. The minimum atomic E-state index is -0.486. The zero-order valence-corrected chi connectivity index (χ0v) is 13.2. The molecule has 7 heteroatoms. The molecule has 6 nitrogen and oxygen atoms in total. The highest BCUT2D eigenvalue weighted by Crippen LogP contribution is 2.22. The number of nitro groups is 1. The number of hydrogen-bond acceptors (Lipinski definition) is 4. The van der Waals surface area contributed by atoms with Crippen LogP contribution in [0, 0.1) is 10.1 Å². The fourth-order valence-corrected chi connectivity index (χ4v) is 1.94. The van der Waals surface area contributed by atoms with Crippen molar-refractivity contribution < 1.29 is 9.72 Å². The molecule has 0 heterocycles. The van der Waals surface area contributed by atoms with Crippen molar-refractivity contribution in [2.24, 2.45) is 0 Å². The summed E-state index contributed by atoms with van der Waals surface area (Å²) in [5.74, 6) is -0.0233. The van der Waals surface area contributed by atoms with Gasteiger partial charge in [-0.05, 0) is 32.4 Å². The number of halogens is 1. The van der Waals surface area contributed by atoms with Crippen LogP contribution >= 0.6 is 11.6 Å².